The molecular formula is C15H22BrClN2O. The molecule has 0 bridgehead atoms. The Balaban J connectivity index is 0.00000200. The fraction of sp³-hybridized carbons (Fsp3) is 0.533. The quantitative estimate of drug-likeness (QED) is 0.880. The molecule has 1 aliphatic heterocycles. The van der Waals surface area contributed by atoms with Crippen molar-refractivity contribution in [2.75, 3.05) is 13.1 Å². The Morgan fingerprint density at radius 2 is 1.95 bits per heavy atom. The number of piperidine rings is 1. The Morgan fingerprint density at radius 1 is 1.35 bits per heavy atom. The molecule has 1 aromatic carbocycles. The maximum atomic E-state index is 12.7. The first kappa shape index (κ1) is 17.5. The number of benzene rings is 1. The van der Waals surface area contributed by atoms with Gasteiger partial charge in [0.25, 0.3) is 0 Å². The molecule has 5 heteroatoms. The lowest BCUT2D eigenvalue weighted by Crippen LogP contribution is -2.49. The third-order valence-electron chi connectivity index (χ3n) is 3.91. The normalized spacial score (nSPS) is 16.7. The third kappa shape index (κ3) is 3.74. The average Bonchev–Trinajstić information content (AvgIpc) is 2.39. The molecule has 2 N–H and O–H groups in total. The van der Waals surface area contributed by atoms with E-state index in [0.29, 0.717) is 0 Å². The molecule has 1 saturated heterocycles. The molecule has 0 aromatic heterocycles. The van der Waals surface area contributed by atoms with E-state index in [1.807, 2.05) is 43.0 Å². The maximum Gasteiger partial charge on any atom is 0.232 e. The van der Waals surface area contributed by atoms with Crippen molar-refractivity contribution in [1.29, 1.82) is 0 Å². The molecule has 0 unspecified atom stereocenters. The molecule has 0 aliphatic carbocycles. The zero-order valence-corrected chi connectivity index (χ0v) is 14.3. The number of nitrogens with two attached hydrogens (primary N) is 1. The van der Waals surface area contributed by atoms with Gasteiger partial charge in [0.05, 0.1) is 5.41 Å². The highest BCUT2D eigenvalue weighted by atomic mass is 79.9. The van der Waals surface area contributed by atoms with Crippen LogP contribution in [0.2, 0.25) is 0 Å². The van der Waals surface area contributed by atoms with Gasteiger partial charge in [-0.05, 0) is 44.4 Å². The molecule has 0 radical (unpaired) electrons. The van der Waals surface area contributed by atoms with E-state index in [2.05, 4.69) is 15.9 Å². The van der Waals surface area contributed by atoms with Gasteiger partial charge in [0.15, 0.2) is 0 Å². The predicted molar refractivity (Wildman–Crippen MR) is 88.2 cm³/mol. The SMILES string of the molecule is CC(C)(C(=O)N1CCC(N)CC1)c1cccc(Br)c1.Cl. The van der Waals surface area contributed by atoms with Gasteiger partial charge >= 0.3 is 0 Å². The molecule has 112 valence electrons. The Labute approximate surface area is 135 Å². The first-order valence-corrected chi connectivity index (χ1v) is 7.51. The van der Waals surface area contributed by atoms with Crippen LogP contribution in [-0.2, 0) is 10.2 Å². The number of hydrogen-bond acceptors (Lipinski definition) is 2. The highest BCUT2D eigenvalue weighted by Crippen LogP contribution is 2.29. The molecule has 1 fully saturated rings. The van der Waals surface area contributed by atoms with E-state index in [1.165, 1.54) is 0 Å². The van der Waals surface area contributed by atoms with Gasteiger partial charge in [-0.3, -0.25) is 4.79 Å². The molecule has 1 heterocycles. The molecule has 20 heavy (non-hydrogen) atoms. The molecule has 1 amide bonds. The lowest BCUT2D eigenvalue weighted by atomic mass is 9.82. The molecule has 2 rings (SSSR count). The van der Waals surface area contributed by atoms with Crippen LogP contribution in [0.15, 0.2) is 28.7 Å². The fourth-order valence-corrected chi connectivity index (χ4v) is 2.90. The summed E-state index contributed by atoms with van der Waals surface area (Å²) in [6.45, 7) is 5.53. The molecule has 0 spiro atoms. The minimum absolute atomic E-state index is 0. The summed E-state index contributed by atoms with van der Waals surface area (Å²) >= 11 is 3.47. The fourth-order valence-electron chi connectivity index (χ4n) is 2.50. The van der Waals surface area contributed by atoms with Gasteiger partial charge in [-0.15, -0.1) is 12.4 Å². The van der Waals surface area contributed by atoms with E-state index in [4.69, 9.17) is 5.73 Å². The summed E-state index contributed by atoms with van der Waals surface area (Å²) in [7, 11) is 0. The lowest BCUT2D eigenvalue weighted by Gasteiger charge is -2.36. The number of likely N-dealkylation sites (tertiary alicyclic amines) is 1. The standard InChI is InChI=1S/C15H21BrN2O.ClH/c1-15(2,11-4-3-5-12(16)10-11)14(19)18-8-6-13(17)7-9-18;/h3-5,10,13H,6-9,17H2,1-2H3;1H. The van der Waals surface area contributed by atoms with E-state index in [-0.39, 0.29) is 24.4 Å². The van der Waals surface area contributed by atoms with E-state index in [9.17, 15) is 4.79 Å². The van der Waals surface area contributed by atoms with Crippen molar-refractivity contribution < 1.29 is 4.79 Å². The highest BCUT2D eigenvalue weighted by Gasteiger charge is 2.35. The Bertz CT molecular complexity index is 471. The molecule has 1 aliphatic rings. The maximum absolute atomic E-state index is 12.7. The van der Waals surface area contributed by atoms with E-state index < -0.39 is 5.41 Å². The number of amides is 1. The van der Waals surface area contributed by atoms with Crippen LogP contribution in [-0.4, -0.2) is 29.9 Å². The van der Waals surface area contributed by atoms with Gasteiger partial charge in [0.1, 0.15) is 0 Å². The summed E-state index contributed by atoms with van der Waals surface area (Å²) < 4.78 is 1.01. The van der Waals surface area contributed by atoms with Crippen molar-refractivity contribution in [3.05, 3.63) is 34.3 Å². The second-order valence-electron chi connectivity index (χ2n) is 5.76. The van der Waals surface area contributed by atoms with Crippen LogP contribution in [0.3, 0.4) is 0 Å². The Kier molecular flexibility index (Phi) is 6.05. The number of nitrogens with zero attached hydrogens (tertiary/aromatic N) is 1. The van der Waals surface area contributed by atoms with Crippen molar-refractivity contribution in [3.63, 3.8) is 0 Å². The van der Waals surface area contributed by atoms with E-state index >= 15 is 0 Å². The molecule has 1 aromatic rings. The Hall–Kier alpha value is -0.580. The molecule has 3 nitrogen and oxygen atoms in total. The number of carbonyl (C=O) groups excluding carboxylic acids is 1. The number of halogens is 2. The van der Waals surface area contributed by atoms with E-state index in [0.717, 1.165) is 36.0 Å². The molecular weight excluding hydrogens is 340 g/mol. The third-order valence-corrected chi connectivity index (χ3v) is 4.40. The number of hydrogen-bond donors (Lipinski definition) is 1. The summed E-state index contributed by atoms with van der Waals surface area (Å²) in [5.41, 5.74) is 6.44. The summed E-state index contributed by atoms with van der Waals surface area (Å²) in [6.07, 6.45) is 1.81. The highest BCUT2D eigenvalue weighted by molar-refractivity contribution is 9.10. The first-order chi connectivity index (χ1) is 8.91. The van der Waals surface area contributed by atoms with Gasteiger partial charge in [-0.25, -0.2) is 0 Å². The van der Waals surface area contributed by atoms with Crippen LogP contribution >= 0.6 is 28.3 Å². The monoisotopic (exact) mass is 360 g/mol. The van der Waals surface area contributed by atoms with Gasteiger partial charge in [0, 0.05) is 23.6 Å². The van der Waals surface area contributed by atoms with Crippen molar-refractivity contribution in [3.8, 4) is 0 Å². The minimum atomic E-state index is -0.495. The average molecular weight is 362 g/mol. The first-order valence-electron chi connectivity index (χ1n) is 6.72. The second kappa shape index (κ2) is 6.92. The van der Waals surface area contributed by atoms with Gasteiger partial charge in [-0.1, -0.05) is 28.1 Å². The Morgan fingerprint density at radius 3 is 2.50 bits per heavy atom. The van der Waals surface area contributed by atoms with Crippen molar-refractivity contribution >= 4 is 34.2 Å². The summed E-state index contributed by atoms with van der Waals surface area (Å²) in [5.74, 6) is 0.192. The molecule has 0 saturated carbocycles. The second-order valence-corrected chi connectivity index (χ2v) is 6.68. The predicted octanol–water partition coefficient (Wildman–Crippen LogP) is 3.10. The number of carbonyl (C=O) groups is 1. The van der Waals surface area contributed by atoms with E-state index in [1.54, 1.807) is 0 Å². The van der Waals surface area contributed by atoms with Crippen LogP contribution in [0.5, 0.6) is 0 Å². The summed E-state index contributed by atoms with van der Waals surface area (Å²) in [6, 6.07) is 8.23. The van der Waals surface area contributed by atoms with Gasteiger partial charge in [0.2, 0.25) is 5.91 Å². The number of rotatable bonds is 2. The van der Waals surface area contributed by atoms with Crippen molar-refractivity contribution in [2.24, 2.45) is 5.73 Å². The lowest BCUT2D eigenvalue weighted by molar-refractivity contribution is -0.137. The van der Waals surface area contributed by atoms with Crippen LogP contribution in [0.1, 0.15) is 32.3 Å². The van der Waals surface area contributed by atoms with Gasteiger partial charge in [-0.2, -0.15) is 0 Å². The topological polar surface area (TPSA) is 46.3 Å². The minimum Gasteiger partial charge on any atom is -0.342 e. The van der Waals surface area contributed by atoms with Crippen LogP contribution < -0.4 is 5.73 Å². The summed E-state index contributed by atoms with van der Waals surface area (Å²) in [5, 5.41) is 0. The zero-order chi connectivity index (χ0) is 14.0. The van der Waals surface area contributed by atoms with Crippen molar-refractivity contribution in [2.45, 2.75) is 38.1 Å². The largest absolute Gasteiger partial charge is 0.342 e. The van der Waals surface area contributed by atoms with Crippen molar-refractivity contribution in [1.82, 2.24) is 4.90 Å². The van der Waals surface area contributed by atoms with Crippen LogP contribution in [0, 0.1) is 0 Å². The van der Waals surface area contributed by atoms with Crippen LogP contribution in [0.4, 0.5) is 0 Å². The molecule has 0 atom stereocenters. The van der Waals surface area contributed by atoms with Crippen LogP contribution in [0.25, 0.3) is 0 Å². The smallest absolute Gasteiger partial charge is 0.232 e. The zero-order valence-electron chi connectivity index (χ0n) is 11.9. The summed E-state index contributed by atoms with van der Waals surface area (Å²) in [4.78, 5) is 14.7. The van der Waals surface area contributed by atoms with Gasteiger partial charge < -0.3 is 10.6 Å².